The van der Waals surface area contributed by atoms with E-state index >= 15 is 0 Å². The van der Waals surface area contributed by atoms with Crippen LogP contribution in [-0.2, 0) is 0 Å². The van der Waals surface area contributed by atoms with Crippen molar-refractivity contribution >= 4 is 16.8 Å². The molecule has 144 valence electrons. The van der Waals surface area contributed by atoms with Gasteiger partial charge in [-0.25, -0.2) is 4.39 Å². The second-order valence-electron chi connectivity index (χ2n) is 7.83. The molecule has 1 atom stereocenters. The zero-order valence-electron chi connectivity index (χ0n) is 15.7. The van der Waals surface area contributed by atoms with E-state index in [9.17, 15) is 14.3 Å². The summed E-state index contributed by atoms with van der Waals surface area (Å²) in [6.07, 6.45) is 3.25. The van der Waals surface area contributed by atoms with Crippen molar-refractivity contribution < 1.29 is 14.3 Å². The monoisotopic (exact) mass is 371 g/mol. The summed E-state index contributed by atoms with van der Waals surface area (Å²) in [7, 11) is 0. The first kappa shape index (κ1) is 18.3. The van der Waals surface area contributed by atoms with Gasteiger partial charge in [0.15, 0.2) is 0 Å². The van der Waals surface area contributed by atoms with Gasteiger partial charge in [-0.05, 0) is 56.4 Å². The predicted molar refractivity (Wildman–Crippen MR) is 102 cm³/mol. The lowest BCUT2D eigenvalue weighted by Gasteiger charge is -2.41. The van der Waals surface area contributed by atoms with Gasteiger partial charge < -0.3 is 10.0 Å². The lowest BCUT2D eigenvalue weighted by molar-refractivity contribution is 0.0408. The van der Waals surface area contributed by atoms with E-state index in [2.05, 4.69) is 9.88 Å². The Labute approximate surface area is 158 Å². The SMILES string of the molecule is Cc1cc(C(=O)N2CCN(CC3CC3)[C@@H](CCO)C2)c2cc(F)ccc2n1. The van der Waals surface area contributed by atoms with E-state index < -0.39 is 0 Å². The lowest BCUT2D eigenvalue weighted by atomic mass is 10.0. The summed E-state index contributed by atoms with van der Waals surface area (Å²) >= 11 is 0. The molecule has 1 aromatic carbocycles. The topological polar surface area (TPSA) is 56.7 Å². The number of hydrogen-bond donors (Lipinski definition) is 1. The van der Waals surface area contributed by atoms with E-state index in [-0.39, 0.29) is 24.4 Å². The number of carbonyl (C=O) groups is 1. The number of piperazine rings is 1. The summed E-state index contributed by atoms with van der Waals surface area (Å²) in [5.74, 6) is 0.336. The van der Waals surface area contributed by atoms with Crippen molar-refractivity contribution in [2.24, 2.45) is 5.92 Å². The van der Waals surface area contributed by atoms with Crippen molar-refractivity contribution in [2.45, 2.75) is 32.2 Å². The van der Waals surface area contributed by atoms with Gasteiger partial charge in [-0.1, -0.05) is 0 Å². The number of carbonyl (C=O) groups excluding carboxylic acids is 1. The van der Waals surface area contributed by atoms with E-state index in [1.165, 1.54) is 25.0 Å². The molecule has 2 fully saturated rings. The Kier molecular flexibility index (Phi) is 5.10. The van der Waals surface area contributed by atoms with Crippen molar-refractivity contribution in [3.05, 3.63) is 41.3 Å². The number of fused-ring (bicyclic) bond motifs is 1. The molecule has 1 N–H and O–H groups in total. The van der Waals surface area contributed by atoms with Gasteiger partial charge in [0.25, 0.3) is 5.91 Å². The van der Waals surface area contributed by atoms with Gasteiger partial charge in [0.05, 0.1) is 11.1 Å². The van der Waals surface area contributed by atoms with Gasteiger partial charge in [-0.2, -0.15) is 0 Å². The van der Waals surface area contributed by atoms with Crippen LogP contribution < -0.4 is 0 Å². The number of amides is 1. The summed E-state index contributed by atoms with van der Waals surface area (Å²) in [6.45, 7) is 5.12. The maximum absolute atomic E-state index is 13.8. The number of aliphatic hydroxyl groups is 1. The molecule has 0 bridgehead atoms. The van der Waals surface area contributed by atoms with Gasteiger partial charge in [-0.15, -0.1) is 0 Å². The van der Waals surface area contributed by atoms with E-state index in [1.807, 2.05) is 11.8 Å². The highest BCUT2D eigenvalue weighted by Gasteiger charge is 2.33. The number of benzene rings is 1. The molecular formula is C21H26FN3O2. The van der Waals surface area contributed by atoms with Gasteiger partial charge in [-0.3, -0.25) is 14.7 Å². The fourth-order valence-corrected chi connectivity index (χ4v) is 4.05. The maximum atomic E-state index is 13.8. The molecule has 2 heterocycles. The quantitative estimate of drug-likeness (QED) is 0.878. The standard InChI is InChI=1S/C21H26FN3O2/c1-14-10-19(18-11-16(22)4-5-20(18)23-14)21(27)25-8-7-24(12-15-2-3-15)17(13-25)6-9-26/h4-5,10-11,15,17,26H,2-3,6-9,12-13H2,1H3/t17-/m0/s1. The third-order valence-corrected chi connectivity index (χ3v) is 5.67. The second kappa shape index (κ2) is 7.52. The van der Waals surface area contributed by atoms with Gasteiger partial charge in [0, 0.05) is 49.9 Å². The molecule has 1 aliphatic carbocycles. The van der Waals surface area contributed by atoms with Crippen LogP contribution >= 0.6 is 0 Å². The Balaban J connectivity index is 1.59. The Bertz CT molecular complexity index is 853. The number of aryl methyl sites for hydroxylation is 1. The summed E-state index contributed by atoms with van der Waals surface area (Å²) < 4.78 is 13.8. The smallest absolute Gasteiger partial charge is 0.254 e. The van der Waals surface area contributed by atoms with Crippen LogP contribution in [0.5, 0.6) is 0 Å². The zero-order chi connectivity index (χ0) is 19.0. The summed E-state index contributed by atoms with van der Waals surface area (Å²) in [5.41, 5.74) is 1.89. The van der Waals surface area contributed by atoms with Crippen LogP contribution in [0, 0.1) is 18.7 Å². The van der Waals surface area contributed by atoms with Crippen molar-refractivity contribution in [3.8, 4) is 0 Å². The van der Waals surface area contributed by atoms with Crippen LogP contribution in [0.1, 0.15) is 35.3 Å². The van der Waals surface area contributed by atoms with Crippen LogP contribution in [0.15, 0.2) is 24.3 Å². The minimum absolute atomic E-state index is 0.0786. The van der Waals surface area contributed by atoms with Crippen LogP contribution in [-0.4, -0.2) is 64.6 Å². The van der Waals surface area contributed by atoms with Gasteiger partial charge >= 0.3 is 0 Å². The Morgan fingerprint density at radius 2 is 2.11 bits per heavy atom. The predicted octanol–water partition coefficient (Wildman–Crippen LogP) is 2.60. The van der Waals surface area contributed by atoms with Crippen molar-refractivity contribution in [3.63, 3.8) is 0 Å². The number of rotatable bonds is 5. The Hall–Kier alpha value is -2.05. The highest BCUT2D eigenvalue weighted by molar-refractivity contribution is 6.06. The van der Waals surface area contributed by atoms with E-state index in [1.54, 1.807) is 12.1 Å². The molecule has 1 aliphatic heterocycles. The molecule has 1 saturated carbocycles. The Morgan fingerprint density at radius 1 is 1.30 bits per heavy atom. The number of aliphatic hydroxyl groups excluding tert-OH is 1. The normalized spacial score (nSPS) is 21.0. The first-order valence-corrected chi connectivity index (χ1v) is 9.76. The number of nitrogens with zero attached hydrogens (tertiary/aromatic N) is 3. The first-order valence-electron chi connectivity index (χ1n) is 9.76. The van der Waals surface area contributed by atoms with Crippen LogP contribution in [0.25, 0.3) is 10.9 Å². The Morgan fingerprint density at radius 3 is 2.85 bits per heavy atom. The molecule has 2 aromatic rings. The molecule has 27 heavy (non-hydrogen) atoms. The molecule has 2 aliphatic rings. The molecule has 1 amide bonds. The van der Waals surface area contributed by atoms with Gasteiger partial charge in [0.2, 0.25) is 0 Å². The van der Waals surface area contributed by atoms with Crippen LogP contribution in [0.4, 0.5) is 4.39 Å². The minimum atomic E-state index is -0.366. The summed E-state index contributed by atoms with van der Waals surface area (Å²) in [5, 5.41) is 10.0. The molecule has 1 aromatic heterocycles. The van der Waals surface area contributed by atoms with Crippen LogP contribution in [0.2, 0.25) is 0 Å². The highest BCUT2D eigenvalue weighted by Crippen LogP contribution is 2.31. The number of pyridine rings is 1. The fraction of sp³-hybridized carbons (Fsp3) is 0.524. The maximum Gasteiger partial charge on any atom is 0.254 e. The molecule has 0 radical (unpaired) electrons. The molecule has 6 heteroatoms. The third-order valence-electron chi connectivity index (χ3n) is 5.67. The summed E-state index contributed by atoms with van der Waals surface area (Å²) in [4.78, 5) is 22.0. The number of halogens is 1. The third kappa shape index (κ3) is 3.96. The number of hydrogen-bond acceptors (Lipinski definition) is 4. The van der Waals surface area contributed by atoms with E-state index in [0.717, 1.165) is 24.7 Å². The van der Waals surface area contributed by atoms with Gasteiger partial charge in [0.1, 0.15) is 5.82 Å². The molecule has 0 spiro atoms. The molecule has 1 saturated heterocycles. The first-order chi connectivity index (χ1) is 13.0. The molecule has 5 nitrogen and oxygen atoms in total. The second-order valence-corrected chi connectivity index (χ2v) is 7.83. The average Bonchev–Trinajstić information content (AvgIpc) is 3.46. The largest absolute Gasteiger partial charge is 0.396 e. The van der Waals surface area contributed by atoms with E-state index in [0.29, 0.717) is 36.0 Å². The highest BCUT2D eigenvalue weighted by atomic mass is 19.1. The lowest BCUT2D eigenvalue weighted by Crippen LogP contribution is -2.55. The number of aromatic nitrogens is 1. The van der Waals surface area contributed by atoms with Crippen LogP contribution in [0.3, 0.4) is 0 Å². The van der Waals surface area contributed by atoms with Crippen molar-refractivity contribution in [1.82, 2.24) is 14.8 Å². The molecule has 4 rings (SSSR count). The average molecular weight is 371 g/mol. The fourth-order valence-electron chi connectivity index (χ4n) is 4.05. The van der Waals surface area contributed by atoms with E-state index in [4.69, 9.17) is 0 Å². The molecule has 0 unspecified atom stereocenters. The van der Waals surface area contributed by atoms with Crippen molar-refractivity contribution in [1.29, 1.82) is 0 Å². The molecular weight excluding hydrogens is 345 g/mol. The minimum Gasteiger partial charge on any atom is -0.396 e. The zero-order valence-corrected chi connectivity index (χ0v) is 15.7. The summed E-state index contributed by atoms with van der Waals surface area (Å²) in [6, 6.07) is 6.32. The van der Waals surface area contributed by atoms with Crippen molar-refractivity contribution in [2.75, 3.05) is 32.8 Å².